The number of aromatic nitrogens is 2. The molecule has 0 spiro atoms. The smallest absolute Gasteiger partial charge is 0.277 e. The average Bonchev–Trinajstić information content (AvgIpc) is 3.02. The van der Waals surface area contributed by atoms with Gasteiger partial charge in [-0.15, -0.1) is 10.2 Å². The number of hydrogen-bond acceptors (Lipinski definition) is 5. The lowest BCUT2D eigenvalue weighted by Crippen LogP contribution is -1.84. The van der Waals surface area contributed by atoms with E-state index in [1.165, 1.54) is 11.8 Å². The summed E-state index contributed by atoms with van der Waals surface area (Å²) in [7, 11) is 1.64. The van der Waals surface area contributed by atoms with Crippen molar-refractivity contribution in [2.45, 2.75) is 11.0 Å². The Hall–Kier alpha value is -1.69. The highest BCUT2D eigenvalue weighted by Crippen LogP contribution is 2.31. The zero-order valence-electron chi connectivity index (χ0n) is 12.1. The Morgan fingerprint density at radius 3 is 2.57 bits per heavy atom. The first kappa shape index (κ1) is 16.2. The number of thioether (sulfide) groups is 1. The van der Waals surface area contributed by atoms with E-state index < -0.39 is 0 Å². The van der Waals surface area contributed by atoms with Gasteiger partial charge in [-0.2, -0.15) is 0 Å². The summed E-state index contributed by atoms with van der Waals surface area (Å²) in [5, 5.41) is 9.60. The van der Waals surface area contributed by atoms with Crippen LogP contribution in [0.2, 0.25) is 10.0 Å². The van der Waals surface area contributed by atoms with E-state index >= 15 is 0 Å². The number of benzene rings is 2. The highest BCUT2D eigenvalue weighted by atomic mass is 35.5. The second-order valence-corrected chi connectivity index (χ2v) is 6.40. The normalized spacial score (nSPS) is 10.7. The predicted molar refractivity (Wildman–Crippen MR) is 92.3 cm³/mol. The third-order valence-corrected chi connectivity index (χ3v) is 4.53. The molecule has 0 fully saturated rings. The minimum Gasteiger partial charge on any atom is -0.497 e. The number of rotatable bonds is 5. The highest BCUT2D eigenvalue weighted by Gasteiger charge is 2.12. The van der Waals surface area contributed by atoms with E-state index in [4.69, 9.17) is 32.4 Å². The Balaban J connectivity index is 1.69. The van der Waals surface area contributed by atoms with Crippen molar-refractivity contribution in [3.63, 3.8) is 0 Å². The van der Waals surface area contributed by atoms with Gasteiger partial charge in [-0.1, -0.05) is 47.1 Å². The molecule has 23 heavy (non-hydrogen) atoms. The Kier molecular flexibility index (Phi) is 5.10. The van der Waals surface area contributed by atoms with Gasteiger partial charge in [0.2, 0.25) is 5.89 Å². The van der Waals surface area contributed by atoms with Gasteiger partial charge in [0.25, 0.3) is 5.22 Å². The lowest BCUT2D eigenvalue weighted by molar-refractivity contribution is 0.414. The molecule has 1 aromatic heterocycles. The third-order valence-electron chi connectivity index (χ3n) is 3.09. The van der Waals surface area contributed by atoms with Crippen LogP contribution in [0.1, 0.15) is 5.56 Å². The van der Waals surface area contributed by atoms with Crippen LogP contribution in [0.25, 0.3) is 11.5 Å². The summed E-state index contributed by atoms with van der Waals surface area (Å²) in [6.45, 7) is 0. The quantitative estimate of drug-likeness (QED) is 0.570. The van der Waals surface area contributed by atoms with Crippen molar-refractivity contribution in [3.05, 3.63) is 58.1 Å². The maximum Gasteiger partial charge on any atom is 0.277 e. The molecule has 0 aliphatic carbocycles. The Morgan fingerprint density at radius 1 is 1.09 bits per heavy atom. The van der Waals surface area contributed by atoms with Gasteiger partial charge in [-0.3, -0.25) is 0 Å². The Morgan fingerprint density at radius 2 is 1.87 bits per heavy atom. The van der Waals surface area contributed by atoms with Gasteiger partial charge >= 0.3 is 0 Å². The zero-order valence-corrected chi connectivity index (χ0v) is 14.5. The van der Waals surface area contributed by atoms with Crippen LogP contribution in [-0.4, -0.2) is 17.3 Å². The molecule has 1 heterocycles. The van der Waals surface area contributed by atoms with Gasteiger partial charge < -0.3 is 9.15 Å². The highest BCUT2D eigenvalue weighted by molar-refractivity contribution is 7.98. The monoisotopic (exact) mass is 366 g/mol. The minimum atomic E-state index is 0.379. The maximum atomic E-state index is 6.14. The fourth-order valence-electron chi connectivity index (χ4n) is 1.91. The molecule has 0 aliphatic heterocycles. The standard InChI is InChI=1S/C16H12Cl2N2O2S/c1-21-12-5-2-10(3-6-12)9-23-16-20-19-15(22-16)13-7-4-11(17)8-14(13)18/h2-8H,9H2,1H3. The fraction of sp³-hybridized carbons (Fsp3) is 0.125. The average molecular weight is 367 g/mol. The number of halogens is 2. The van der Waals surface area contributed by atoms with Gasteiger partial charge in [-0.05, 0) is 35.9 Å². The SMILES string of the molecule is COc1ccc(CSc2nnc(-c3ccc(Cl)cc3Cl)o2)cc1. The Bertz CT molecular complexity index is 806. The van der Waals surface area contributed by atoms with Crippen molar-refractivity contribution in [1.82, 2.24) is 10.2 Å². The summed E-state index contributed by atoms with van der Waals surface area (Å²) in [4.78, 5) is 0. The van der Waals surface area contributed by atoms with Gasteiger partial charge in [-0.25, -0.2) is 0 Å². The molecule has 0 amide bonds. The van der Waals surface area contributed by atoms with Crippen LogP contribution in [-0.2, 0) is 5.75 Å². The number of ether oxygens (including phenoxy) is 1. The number of nitrogens with zero attached hydrogens (tertiary/aromatic N) is 2. The van der Waals surface area contributed by atoms with Crippen LogP contribution < -0.4 is 4.74 Å². The van der Waals surface area contributed by atoms with E-state index in [1.54, 1.807) is 25.3 Å². The number of hydrogen-bond donors (Lipinski definition) is 0. The molecule has 4 nitrogen and oxygen atoms in total. The lowest BCUT2D eigenvalue weighted by Gasteiger charge is -2.01. The molecule has 3 aromatic rings. The largest absolute Gasteiger partial charge is 0.497 e. The molecule has 0 bridgehead atoms. The first-order chi connectivity index (χ1) is 11.2. The van der Waals surface area contributed by atoms with E-state index in [9.17, 15) is 0 Å². The lowest BCUT2D eigenvalue weighted by atomic mass is 10.2. The van der Waals surface area contributed by atoms with Gasteiger partial charge in [0, 0.05) is 10.8 Å². The minimum absolute atomic E-state index is 0.379. The fourth-order valence-corrected chi connectivity index (χ4v) is 3.12. The summed E-state index contributed by atoms with van der Waals surface area (Å²) < 4.78 is 10.8. The van der Waals surface area contributed by atoms with Crippen molar-refractivity contribution < 1.29 is 9.15 Å². The van der Waals surface area contributed by atoms with Crippen LogP contribution in [0.3, 0.4) is 0 Å². The van der Waals surface area contributed by atoms with Gasteiger partial charge in [0.1, 0.15) is 5.75 Å². The van der Waals surface area contributed by atoms with E-state index in [1.807, 2.05) is 24.3 Å². The molecule has 0 unspecified atom stereocenters. The second kappa shape index (κ2) is 7.25. The van der Waals surface area contributed by atoms with Crippen LogP contribution in [0, 0.1) is 0 Å². The van der Waals surface area contributed by atoms with Gasteiger partial charge in [0.15, 0.2) is 0 Å². The molecule has 0 atom stereocenters. The summed E-state index contributed by atoms with van der Waals surface area (Å²) in [5.74, 6) is 1.93. The molecule has 7 heteroatoms. The first-order valence-electron chi connectivity index (χ1n) is 6.70. The van der Waals surface area contributed by atoms with Crippen molar-refractivity contribution in [1.29, 1.82) is 0 Å². The summed E-state index contributed by atoms with van der Waals surface area (Å²) in [5.41, 5.74) is 1.81. The van der Waals surface area contributed by atoms with Crippen LogP contribution in [0.4, 0.5) is 0 Å². The van der Waals surface area contributed by atoms with E-state index in [0.717, 1.165) is 17.1 Å². The van der Waals surface area contributed by atoms with Crippen LogP contribution >= 0.6 is 35.0 Å². The summed E-state index contributed by atoms with van der Waals surface area (Å²) in [6.07, 6.45) is 0. The molecule has 0 saturated heterocycles. The zero-order chi connectivity index (χ0) is 16.2. The van der Waals surface area contributed by atoms with E-state index in [2.05, 4.69) is 10.2 Å². The molecule has 3 rings (SSSR count). The molecule has 0 aliphatic rings. The van der Waals surface area contributed by atoms with Crippen molar-refractivity contribution in [3.8, 4) is 17.2 Å². The van der Waals surface area contributed by atoms with Crippen molar-refractivity contribution >= 4 is 35.0 Å². The van der Waals surface area contributed by atoms with E-state index in [0.29, 0.717) is 26.7 Å². The number of methoxy groups -OCH3 is 1. The van der Waals surface area contributed by atoms with E-state index in [-0.39, 0.29) is 0 Å². The summed E-state index contributed by atoms with van der Waals surface area (Å²) >= 11 is 13.5. The predicted octanol–water partition coefficient (Wildman–Crippen LogP) is 5.34. The molecule has 0 saturated carbocycles. The second-order valence-electron chi connectivity index (χ2n) is 4.63. The molecular formula is C16H12Cl2N2O2S. The Labute approximate surface area is 147 Å². The maximum absolute atomic E-state index is 6.14. The van der Waals surface area contributed by atoms with Crippen molar-refractivity contribution in [2.24, 2.45) is 0 Å². The first-order valence-corrected chi connectivity index (χ1v) is 8.44. The van der Waals surface area contributed by atoms with Gasteiger partial charge in [0.05, 0.1) is 17.7 Å². The van der Waals surface area contributed by atoms with Crippen LogP contribution in [0.5, 0.6) is 5.75 Å². The summed E-state index contributed by atoms with van der Waals surface area (Å²) in [6, 6.07) is 13.0. The molecule has 0 radical (unpaired) electrons. The molecule has 2 aromatic carbocycles. The topological polar surface area (TPSA) is 48.2 Å². The van der Waals surface area contributed by atoms with Crippen molar-refractivity contribution in [2.75, 3.05) is 7.11 Å². The molecule has 0 N–H and O–H groups in total. The molecule has 118 valence electrons. The molecular weight excluding hydrogens is 355 g/mol. The third kappa shape index (κ3) is 3.99. The van der Waals surface area contributed by atoms with Crippen LogP contribution in [0.15, 0.2) is 52.1 Å².